The van der Waals surface area contributed by atoms with Crippen LogP contribution in [0.1, 0.15) is 28.3 Å². The van der Waals surface area contributed by atoms with Crippen LogP contribution >= 0.6 is 0 Å². The zero-order valence-corrected chi connectivity index (χ0v) is 13.8. The molecule has 4 nitrogen and oxygen atoms in total. The molecule has 0 amide bonds. The van der Waals surface area contributed by atoms with Crippen LogP contribution in [0.15, 0.2) is 65.1 Å². The van der Waals surface area contributed by atoms with Gasteiger partial charge in [-0.15, -0.1) is 0 Å². The molecule has 0 unspecified atom stereocenters. The van der Waals surface area contributed by atoms with Crippen LogP contribution in [-0.4, -0.2) is 15.9 Å². The molecule has 0 fully saturated rings. The molecule has 0 saturated heterocycles. The van der Waals surface area contributed by atoms with E-state index in [9.17, 15) is 9.90 Å². The lowest BCUT2D eigenvalue weighted by Gasteiger charge is -2.12. The van der Waals surface area contributed by atoms with Gasteiger partial charge in [0.2, 0.25) is 5.89 Å². The molecule has 3 aromatic rings. The summed E-state index contributed by atoms with van der Waals surface area (Å²) < 4.78 is 5.28. The molecule has 0 aliphatic heterocycles. The largest absolute Gasteiger partial charge is 0.479 e. The fourth-order valence-electron chi connectivity index (χ4n) is 2.80. The molecule has 2 aromatic carbocycles. The Morgan fingerprint density at radius 1 is 0.923 bits per heavy atom. The van der Waals surface area contributed by atoms with Crippen molar-refractivity contribution in [1.29, 1.82) is 0 Å². The SMILES string of the molecule is O=C1C=Cc2ccccc2C1=Cc1nc(/C=C/c2ccccc2)oc1O. The topological polar surface area (TPSA) is 63.3 Å². The summed E-state index contributed by atoms with van der Waals surface area (Å²) in [5.74, 6) is -0.178. The third-order valence-electron chi connectivity index (χ3n) is 4.08. The molecule has 0 saturated carbocycles. The van der Waals surface area contributed by atoms with Crippen LogP contribution in [0.25, 0.3) is 29.9 Å². The second kappa shape index (κ2) is 6.69. The molecule has 4 rings (SSSR count). The van der Waals surface area contributed by atoms with Crippen LogP contribution in [-0.2, 0) is 4.79 Å². The van der Waals surface area contributed by atoms with Gasteiger partial charge in [-0.2, -0.15) is 0 Å². The van der Waals surface area contributed by atoms with Crippen molar-refractivity contribution in [3.8, 4) is 5.95 Å². The number of fused-ring (bicyclic) bond motifs is 1. The Morgan fingerprint density at radius 2 is 1.69 bits per heavy atom. The number of oxazole rings is 1. The molecule has 1 aromatic heterocycles. The predicted octanol–water partition coefficient (Wildman–Crippen LogP) is 4.69. The summed E-state index contributed by atoms with van der Waals surface area (Å²) in [6, 6.07) is 17.3. The Kier molecular flexibility index (Phi) is 4.07. The Labute approximate surface area is 150 Å². The van der Waals surface area contributed by atoms with E-state index in [0.717, 1.165) is 16.7 Å². The van der Waals surface area contributed by atoms with Gasteiger partial charge in [0.1, 0.15) is 5.69 Å². The third kappa shape index (κ3) is 3.13. The van der Waals surface area contributed by atoms with Crippen molar-refractivity contribution in [2.45, 2.75) is 0 Å². The first kappa shape index (κ1) is 15.8. The molecule has 1 aliphatic rings. The summed E-state index contributed by atoms with van der Waals surface area (Å²) >= 11 is 0. The number of rotatable bonds is 3. The van der Waals surface area contributed by atoms with Crippen molar-refractivity contribution >= 4 is 35.7 Å². The number of nitrogens with zero attached hydrogens (tertiary/aromatic N) is 1. The highest BCUT2D eigenvalue weighted by molar-refractivity contribution is 6.33. The van der Waals surface area contributed by atoms with E-state index in [2.05, 4.69) is 4.98 Å². The quantitative estimate of drug-likeness (QED) is 0.702. The number of carbonyl (C=O) groups excluding carboxylic acids is 1. The van der Waals surface area contributed by atoms with E-state index in [-0.39, 0.29) is 23.3 Å². The van der Waals surface area contributed by atoms with E-state index < -0.39 is 0 Å². The fraction of sp³-hybridized carbons (Fsp3) is 0. The van der Waals surface area contributed by atoms with Gasteiger partial charge >= 0.3 is 5.95 Å². The van der Waals surface area contributed by atoms with Crippen LogP contribution in [0.4, 0.5) is 0 Å². The lowest BCUT2D eigenvalue weighted by molar-refractivity contribution is -0.109. The summed E-state index contributed by atoms with van der Waals surface area (Å²) in [6.45, 7) is 0. The summed E-state index contributed by atoms with van der Waals surface area (Å²) in [5, 5.41) is 10.1. The monoisotopic (exact) mass is 341 g/mol. The van der Waals surface area contributed by atoms with Crippen LogP contribution in [0.3, 0.4) is 0 Å². The zero-order chi connectivity index (χ0) is 17.9. The molecule has 1 aliphatic carbocycles. The molecule has 1 heterocycles. The van der Waals surface area contributed by atoms with Crippen molar-refractivity contribution < 1.29 is 14.3 Å². The molecule has 26 heavy (non-hydrogen) atoms. The van der Waals surface area contributed by atoms with Gasteiger partial charge in [-0.25, -0.2) is 4.98 Å². The normalized spacial score (nSPS) is 14.9. The van der Waals surface area contributed by atoms with Gasteiger partial charge in [0.25, 0.3) is 0 Å². The van der Waals surface area contributed by atoms with Crippen LogP contribution in [0.2, 0.25) is 0 Å². The average Bonchev–Trinajstić information content (AvgIpc) is 3.03. The predicted molar refractivity (Wildman–Crippen MR) is 102 cm³/mol. The lowest BCUT2D eigenvalue weighted by atomic mass is 9.91. The molecular weight excluding hydrogens is 326 g/mol. The van der Waals surface area contributed by atoms with Gasteiger partial charge in [-0.1, -0.05) is 60.7 Å². The molecule has 0 spiro atoms. The molecular formula is C22H15NO3. The van der Waals surface area contributed by atoms with Crippen LogP contribution < -0.4 is 0 Å². The Hall–Kier alpha value is -3.66. The van der Waals surface area contributed by atoms with Crippen molar-refractivity contribution in [1.82, 2.24) is 4.98 Å². The summed E-state index contributed by atoms with van der Waals surface area (Å²) in [4.78, 5) is 16.6. The smallest absolute Gasteiger partial charge is 0.310 e. The number of carbonyl (C=O) groups is 1. The standard InChI is InChI=1S/C22H15NO3/c24-20-12-11-16-8-4-5-9-17(16)18(20)14-19-22(25)26-21(23-19)13-10-15-6-2-1-3-7-15/h1-14,25H/b13-10+,18-14?. The Morgan fingerprint density at radius 3 is 2.54 bits per heavy atom. The zero-order valence-electron chi connectivity index (χ0n) is 13.8. The first-order valence-electron chi connectivity index (χ1n) is 8.17. The number of ketones is 1. The molecule has 126 valence electrons. The first-order valence-corrected chi connectivity index (χ1v) is 8.17. The highest BCUT2D eigenvalue weighted by atomic mass is 16.5. The van der Waals surface area contributed by atoms with Crippen molar-refractivity contribution in [3.05, 3.63) is 88.9 Å². The molecule has 0 radical (unpaired) electrons. The second-order valence-electron chi connectivity index (χ2n) is 5.83. The minimum absolute atomic E-state index is 0.132. The van der Waals surface area contributed by atoms with E-state index >= 15 is 0 Å². The maximum absolute atomic E-state index is 12.3. The van der Waals surface area contributed by atoms with Crippen molar-refractivity contribution in [2.75, 3.05) is 0 Å². The highest BCUT2D eigenvalue weighted by Gasteiger charge is 2.19. The van der Waals surface area contributed by atoms with Gasteiger partial charge in [0.05, 0.1) is 0 Å². The number of aromatic nitrogens is 1. The molecule has 0 atom stereocenters. The number of hydrogen-bond donors (Lipinski definition) is 1. The average molecular weight is 341 g/mol. The van der Waals surface area contributed by atoms with Gasteiger partial charge in [-0.05, 0) is 34.9 Å². The maximum atomic E-state index is 12.3. The lowest BCUT2D eigenvalue weighted by Crippen LogP contribution is -2.04. The molecule has 4 heteroatoms. The van der Waals surface area contributed by atoms with E-state index in [1.807, 2.05) is 60.7 Å². The fourth-order valence-corrected chi connectivity index (χ4v) is 2.80. The number of allylic oxidation sites excluding steroid dienone is 2. The minimum atomic E-state index is -0.315. The number of hydrogen-bond acceptors (Lipinski definition) is 4. The Bertz CT molecular complexity index is 1060. The van der Waals surface area contributed by atoms with E-state index in [1.54, 1.807) is 18.2 Å². The summed E-state index contributed by atoms with van der Waals surface area (Å²) in [6.07, 6.45) is 8.37. The van der Waals surface area contributed by atoms with E-state index in [4.69, 9.17) is 4.42 Å². The second-order valence-corrected chi connectivity index (χ2v) is 5.83. The van der Waals surface area contributed by atoms with Gasteiger partial charge < -0.3 is 9.52 Å². The number of aromatic hydroxyl groups is 1. The van der Waals surface area contributed by atoms with E-state index in [1.165, 1.54) is 6.08 Å². The number of benzene rings is 2. The minimum Gasteiger partial charge on any atom is -0.479 e. The first-order chi connectivity index (χ1) is 12.7. The van der Waals surface area contributed by atoms with E-state index in [0.29, 0.717) is 5.57 Å². The van der Waals surface area contributed by atoms with Gasteiger partial charge in [0, 0.05) is 11.6 Å². The van der Waals surface area contributed by atoms with Crippen LogP contribution in [0.5, 0.6) is 5.95 Å². The van der Waals surface area contributed by atoms with Crippen molar-refractivity contribution in [2.24, 2.45) is 0 Å². The summed E-state index contributed by atoms with van der Waals surface area (Å²) in [7, 11) is 0. The van der Waals surface area contributed by atoms with Crippen molar-refractivity contribution in [3.63, 3.8) is 0 Å². The van der Waals surface area contributed by atoms with Gasteiger partial charge in [0.15, 0.2) is 5.78 Å². The Balaban J connectivity index is 1.68. The maximum Gasteiger partial charge on any atom is 0.310 e. The molecule has 1 N–H and O–H groups in total. The van der Waals surface area contributed by atoms with Gasteiger partial charge in [-0.3, -0.25) is 4.79 Å². The third-order valence-corrected chi connectivity index (χ3v) is 4.08. The van der Waals surface area contributed by atoms with Crippen LogP contribution in [0, 0.1) is 0 Å². The molecule has 0 bridgehead atoms. The highest BCUT2D eigenvalue weighted by Crippen LogP contribution is 2.30. The summed E-state index contributed by atoms with van der Waals surface area (Å²) in [5.41, 5.74) is 3.46.